The Morgan fingerprint density at radius 1 is 0.800 bits per heavy atom. The van der Waals surface area contributed by atoms with E-state index < -0.39 is 13.6 Å². The molecule has 0 saturated carbocycles. The van der Waals surface area contributed by atoms with Crippen molar-refractivity contribution < 1.29 is 37.5 Å². The molecule has 0 aliphatic carbocycles. The van der Waals surface area contributed by atoms with Gasteiger partial charge in [-0.15, -0.1) is 13.2 Å². The number of esters is 2. The Bertz CT molecular complexity index is 685. The molecule has 0 heterocycles. The largest absolute Gasteiger partial charge is 0.466 e. The van der Waals surface area contributed by atoms with Crippen molar-refractivity contribution in [2.24, 2.45) is 10.8 Å². The van der Waals surface area contributed by atoms with E-state index in [1.165, 1.54) is 6.08 Å². The molecule has 0 saturated heterocycles. The molecular weight excluding hydrogens is 471 g/mol. The fourth-order valence-corrected chi connectivity index (χ4v) is 3.68. The van der Waals surface area contributed by atoms with E-state index in [0.717, 1.165) is 19.1 Å². The number of carbonyl (C=O) groups excluding carboxylic acids is 3. The number of hydrogen-bond donors (Lipinski definition) is 0. The number of carbonyl (C=O) groups is 3. The predicted molar refractivity (Wildman–Crippen MR) is 141 cm³/mol. The molecule has 0 amide bonds. The van der Waals surface area contributed by atoms with Gasteiger partial charge in [-0.1, -0.05) is 45.9 Å². The fourth-order valence-electron chi connectivity index (χ4n) is 2.23. The number of aldehydes is 1. The monoisotopic (exact) mass is 518 g/mol. The van der Waals surface area contributed by atoms with Crippen molar-refractivity contribution >= 4 is 25.8 Å². The summed E-state index contributed by atoms with van der Waals surface area (Å²) in [7, 11) is -3.28. The number of rotatable bonds is 15. The van der Waals surface area contributed by atoms with Crippen LogP contribution in [0.15, 0.2) is 37.5 Å². The molecule has 0 unspecified atom stereocenters. The van der Waals surface area contributed by atoms with Gasteiger partial charge < -0.3 is 23.3 Å². The Morgan fingerprint density at radius 3 is 1.60 bits per heavy atom. The summed E-state index contributed by atoms with van der Waals surface area (Å²) in [5.74, 6) is -0.836. The van der Waals surface area contributed by atoms with Gasteiger partial charge in [-0.3, -0.25) is 9.36 Å². The molecule has 0 bridgehead atoms. The van der Waals surface area contributed by atoms with E-state index >= 15 is 0 Å². The van der Waals surface area contributed by atoms with Crippen LogP contribution in [-0.2, 0) is 37.5 Å². The van der Waals surface area contributed by atoms with Crippen molar-refractivity contribution in [3.05, 3.63) is 37.5 Å². The minimum atomic E-state index is -3.28. The summed E-state index contributed by atoms with van der Waals surface area (Å²) in [6.45, 7) is 23.1. The third-order valence-electron chi connectivity index (χ3n) is 3.90. The molecule has 0 spiro atoms. The highest BCUT2D eigenvalue weighted by molar-refractivity contribution is 7.54. The summed E-state index contributed by atoms with van der Waals surface area (Å²) in [6.07, 6.45) is 9.18. The zero-order valence-corrected chi connectivity index (χ0v) is 23.9. The molecule has 204 valence electrons. The van der Waals surface area contributed by atoms with E-state index in [9.17, 15) is 18.9 Å². The van der Waals surface area contributed by atoms with Gasteiger partial charge in [0.05, 0.1) is 26.4 Å². The standard InChI is InChI=1S/C11H18O2.C8H17O5P.C7H12O/c1-5-8-11(3,4)9-7-10(12)13-6-2;1-4-11-8(9)7-14(10,12-5-2)13-6-3;1-4-5-7(2,3)6-8/h5,7,9H,1,6,8H2,2-4H3;4-7H2,1-3H3;4,6H,1,5H2,2-3H3/b9-7+;;. The Balaban J connectivity index is -0.000000456. The van der Waals surface area contributed by atoms with Gasteiger partial charge in [-0.25, -0.2) is 4.79 Å². The first-order valence-electron chi connectivity index (χ1n) is 11.8. The van der Waals surface area contributed by atoms with Crippen LogP contribution in [0.2, 0.25) is 0 Å². The molecule has 0 aromatic carbocycles. The summed E-state index contributed by atoms with van der Waals surface area (Å²) in [5.41, 5.74) is -0.226. The van der Waals surface area contributed by atoms with Gasteiger partial charge in [0, 0.05) is 11.5 Å². The SMILES string of the molecule is C=CCC(C)(C)/C=C/C(=O)OCC.C=CCC(C)(C)C=O.CCOC(=O)CP(=O)(OCC)OCC. The number of allylic oxidation sites excluding steroid dienone is 3. The molecule has 9 heteroatoms. The second-order valence-electron chi connectivity index (χ2n) is 8.58. The topological polar surface area (TPSA) is 105 Å². The average molecular weight is 519 g/mol. The minimum absolute atomic E-state index is 0.0193. The van der Waals surface area contributed by atoms with Crippen molar-refractivity contribution in [1.29, 1.82) is 0 Å². The molecule has 0 N–H and O–H groups in total. The molecular formula is C26H47O8P. The molecule has 0 aliphatic rings. The quantitative estimate of drug-likeness (QED) is 0.0816. The van der Waals surface area contributed by atoms with E-state index in [2.05, 4.69) is 17.9 Å². The van der Waals surface area contributed by atoms with Crippen LogP contribution in [0.3, 0.4) is 0 Å². The first-order chi connectivity index (χ1) is 16.2. The van der Waals surface area contributed by atoms with Crippen molar-refractivity contribution in [2.45, 2.75) is 68.2 Å². The van der Waals surface area contributed by atoms with Crippen molar-refractivity contribution in [1.82, 2.24) is 0 Å². The summed E-state index contributed by atoms with van der Waals surface area (Å²) in [5, 5.41) is 0. The number of hydrogen-bond acceptors (Lipinski definition) is 8. The third-order valence-corrected chi connectivity index (χ3v) is 5.85. The van der Waals surface area contributed by atoms with Crippen LogP contribution in [0.25, 0.3) is 0 Å². The molecule has 0 atom stereocenters. The lowest BCUT2D eigenvalue weighted by molar-refractivity contribution is -0.140. The van der Waals surface area contributed by atoms with Crippen LogP contribution in [-0.4, -0.2) is 50.8 Å². The normalized spacial score (nSPS) is 11.3. The highest BCUT2D eigenvalue weighted by atomic mass is 31.2. The van der Waals surface area contributed by atoms with Crippen LogP contribution in [0.1, 0.15) is 68.2 Å². The lowest BCUT2D eigenvalue weighted by Crippen LogP contribution is -2.12. The Labute approximate surface area is 212 Å². The maximum atomic E-state index is 11.8. The van der Waals surface area contributed by atoms with Crippen LogP contribution in [0.5, 0.6) is 0 Å². The fraction of sp³-hybridized carbons (Fsp3) is 0.654. The van der Waals surface area contributed by atoms with Crippen molar-refractivity contribution in [2.75, 3.05) is 32.6 Å². The first kappa shape index (κ1) is 37.5. The summed E-state index contributed by atoms with van der Waals surface area (Å²) in [4.78, 5) is 32.2. The number of ether oxygens (including phenoxy) is 2. The van der Waals surface area contributed by atoms with Crippen molar-refractivity contribution in [3.63, 3.8) is 0 Å². The van der Waals surface area contributed by atoms with Gasteiger partial charge in [0.2, 0.25) is 0 Å². The molecule has 8 nitrogen and oxygen atoms in total. The maximum Gasteiger partial charge on any atom is 0.341 e. The van der Waals surface area contributed by atoms with E-state index in [1.54, 1.807) is 33.8 Å². The molecule has 0 aromatic rings. The van der Waals surface area contributed by atoms with E-state index in [-0.39, 0.29) is 42.8 Å². The van der Waals surface area contributed by atoms with Gasteiger partial charge in [0.25, 0.3) is 0 Å². The molecule has 0 fully saturated rings. The van der Waals surface area contributed by atoms with Gasteiger partial charge in [-0.05, 0) is 46.0 Å². The van der Waals surface area contributed by atoms with Crippen LogP contribution >= 0.6 is 7.60 Å². The summed E-state index contributed by atoms with van der Waals surface area (Å²) < 4.78 is 31.0. The molecule has 0 radical (unpaired) electrons. The Hall–Kier alpha value is -2.02. The maximum absolute atomic E-state index is 11.8. The molecule has 0 rings (SSSR count). The third kappa shape index (κ3) is 24.9. The average Bonchev–Trinajstić information content (AvgIpc) is 2.74. The van der Waals surface area contributed by atoms with Crippen LogP contribution < -0.4 is 0 Å². The highest BCUT2D eigenvalue weighted by Crippen LogP contribution is 2.47. The van der Waals surface area contributed by atoms with E-state index in [4.69, 9.17) is 13.8 Å². The lowest BCUT2D eigenvalue weighted by atomic mass is 9.89. The summed E-state index contributed by atoms with van der Waals surface area (Å²) in [6, 6.07) is 0. The molecule has 35 heavy (non-hydrogen) atoms. The van der Waals surface area contributed by atoms with Crippen LogP contribution in [0, 0.1) is 10.8 Å². The highest BCUT2D eigenvalue weighted by Gasteiger charge is 2.28. The lowest BCUT2D eigenvalue weighted by Gasteiger charge is -2.16. The predicted octanol–water partition coefficient (Wildman–Crippen LogP) is 6.31. The molecule has 0 aliphatic heterocycles. The van der Waals surface area contributed by atoms with Gasteiger partial charge in [0.1, 0.15) is 12.4 Å². The zero-order chi connectivity index (χ0) is 28.0. The van der Waals surface area contributed by atoms with Gasteiger partial charge in [-0.2, -0.15) is 0 Å². The Kier molecular flexibility index (Phi) is 22.8. The van der Waals surface area contributed by atoms with Crippen LogP contribution in [0.4, 0.5) is 0 Å². The van der Waals surface area contributed by atoms with Gasteiger partial charge in [0.15, 0.2) is 0 Å². The minimum Gasteiger partial charge on any atom is -0.466 e. The second-order valence-corrected chi connectivity index (χ2v) is 10.6. The zero-order valence-electron chi connectivity index (χ0n) is 23.0. The smallest absolute Gasteiger partial charge is 0.341 e. The van der Waals surface area contributed by atoms with E-state index in [0.29, 0.717) is 6.61 Å². The second kappa shape index (κ2) is 21.3. The van der Waals surface area contributed by atoms with Gasteiger partial charge >= 0.3 is 19.5 Å². The van der Waals surface area contributed by atoms with Crippen molar-refractivity contribution in [3.8, 4) is 0 Å². The Morgan fingerprint density at radius 2 is 1.26 bits per heavy atom. The van der Waals surface area contributed by atoms with E-state index in [1.807, 2.05) is 39.8 Å². The first-order valence-corrected chi connectivity index (χ1v) is 13.5. The molecule has 0 aromatic heterocycles. The summed E-state index contributed by atoms with van der Waals surface area (Å²) >= 11 is 0.